The number of hydrogen-bond acceptors (Lipinski definition) is 3. The van der Waals surface area contributed by atoms with Crippen molar-refractivity contribution in [2.45, 2.75) is 27.2 Å². The standard InChI is InChI=1S/C16H24N2O3/c1-12(2)9-10-17-16(20)11-18(13(3)19)14-7-5-6-8-15(14)21-4/h5-8,12H,9-11H2,1-4H3,(H,17,20). The average Bonchev–Trinajstić information content (AvgIpc) is 2.44. The summed E-state index contributed by atoms with van der Waals surface area (Å²) >= 11 is 0. The zero-order chi connectivity index (χ0) is 15.8. The first-order valence-electron chi connectivity index (χ1n) is 7.13. The normalized spacial score (nSPS) is 10.3. The van der Waals surface area contributed by atoms with Gasteiger partial charge in [-0.3, -0.25) is 14.5 Å². The maximum Gasteiger partial charge on any atom is 0.240 e. The number of carbonyl (C=O) groups excluding carboxylic acids is 2. The van der Waals surface area contributed by atoms with Crippen LogP contribution in [0.5, 0.6) is 5.75 Å². The molecule has 0 bridgehead atoms. The van der Waals surface area contributed by atoms with Gasteiger partial charge in [-0.2, -0.15) is 0 Å². The first kappa shape index (κ1) is 17.0. The summed E-state index contributed by atoms with van der Waals surface area (Å²) in [5, 5.41) is 2.83. The molecule has 0 radical (unpaired) electrons. The highest BCUT2D eigenvalue weighted by Gasteiger charge is 2.18. The van der Waals surface area contributed by atoms with Crippen molar-refractivity contribution >= 4 is 17.5 Å². The number of para-hydroxylation sites is 2. The van der Waals surface area contributed by atoms with Gasteiger partial charge in [0.25, 0.3) is 0 Å². The number of nitrogens with one attached hydrogen (secondary N) is 1. The molecule has 1 aromatic rings. The van der Waals surface area contributed by atoms with Gasteiger partial charge < -0.3 is 10.1 Å². The number of rotatable bonds is 7. The molecule has 5 nitrogen and oxygen atoms in total. The van der Waals surface area contributed by atoms with E-state index in [2.05, 4.69) is 19.2 Å². The molecule has 0 fully saturated rings. The molecule has 0 spiro atoms. The highest BCUT2D eigenvalue weighted by Crippen LogP contribution is 2.27. The Labute approximate surface area is 126 Å². The minimum Gasteiger partial charge on any atom is -0.495 e. The number of hydrogen-bond donors (Lipinski definition) is 1. The van der Waals surface area contributed by atoms with Crippen LogP contribution in [0.3, 0.4) is 0 Å². The largest absolute Gasteiger partial charge is 0.495 e. The number of anilines is 1. The zero-order valence-corrected chi connectivity index (χ0v) is 13.2. The van der Waals surface area contributed by atoms with Gasteiger partial charge in [0, 0.05) is 13.5 Å². The molecule has 1 N–H and O–H groups in total. The topological polar surface area (TPSA) is 58.6 Å². The van der Waals surface area contributed by atoms with Crippen LogP contribution in [0.2, 0.25) is 0 Å². The summed E-state index contributed by atoms with van der Waals surface area (Å²) in [6.07, 6.45) is 0.917. The van der Waals surface area contributed by atoms with Gasteiger partial charge >= 0.3 is 0 Å². The van der Waals surface area contributed by atoms with E-state index in [9.17, 15) is 9.59 Å². The van der Waals surface area contributed by atoms with Crippen LogP contribution in [0.4, 0.5) is 5.69 Å². The van der Waals surface area contributed by atoms with E-state index < -0.39 is 0 Å². The van der Waals surface area contributed by atoms with E-state index in [4.69, 9.17) is 4.74 Å². The number of methoxy groups -OCH3 is 1. The van der Waals surface area contributed by atoms with Crippen LogP contribution >= 0.6 is 0 Å². The van der Waals surface area contributed by atoms with E-state index in [1.165, 1.54) is 11.8 Å². The fourth-order valence-corrected chi connectivity index (χ4v) is 1.92. The van der Waals surface area contributed by atoms with Crippen molar-refractivity contribution in [2.24, 2.45) is 5.92 Å². The van der Waals surface area contributed by atoms with Gasteiger partial charge in [0.05, 0.1) is 12.8 Å². The van der Waals surface area contributed by atoms with Gasteiger partial charge in [0.15, 0.2) is 0 Å². The maximum absolute atomic E-state index is 12.0. The van der Waals surface area contributed by atoms with E-state index in [0.29, 0.717) is 23.9 Å². The van der Waals surface area contributed by atoms with E-state index in [0.717, 1.165) is 6.42 Å². The first-order valence-corrected chi connectivity index (χ1v) is 7.13. The summed E-state index contributed by atoms with van der Waals surface area (Å²) in [7, 11) is 1.54. The molecule has 0 aliphatic carbocycles. The monoisotopic (exact) mass is 292 g/mol. The molecule has 21 heavy (non-hydrogen) atoms. The molecule has 2 amide bonds. The number of carbonyl (C=O) groups is 2. The van der Waals surface area contributed by atoms with Crippen LogP contribution in [-0.2, 0) is 9.59 Å². The van der Waals surface area contributed by atoms with Crippen LogP contribution in [0, 0.1) is 5.92 Å². The second-order valence-electron chi connectivity index (χ2n) is 5.31. The van der Waals surface area contributed by atoms with Crippen LogP contribution < -0.4 is 15.0 Å². The minimum atomic E-state index is -0.196. The van der Waals surface area contributed by atoms with Crippen LogP contribution in [0.1, 0.15) is 27.2 Å². The summed E-state index contributed by atoms with van der Waals surface area (Å²) in [5.74, 6) is 0.737. The highest BCUT2D eigenvalue weighted by molar-refractivity contribution is 5.98. The van der Waals surface area contributed by atoms with Crippen molar-refractivity contribution in [3.63, 3.8) is 0 Å². The zero-order valence-electron chi connectivity index (χ0n) is 13.2. The Morgan fingerprint density at radius 1 is 1.29 bits per heavy atom. The third-order valence-corrected chi connectivity index (χ3v) is 3.10. The fourth-order valence-electron chi connectivity index (χ4n) is 1.92. The van der Waals surface area contributed by atoms with Crippen molar-refractivity contribution in [1.29, 1.82) is 0 Å². The average molecular weight is 292 g/mol. The Morgan fingerprint density at radius 2 is 1.95 bits per heavy atom. The quantitative estimate of drug-likeness (QED) is 0.838. The number of ether oxygens (including phenoxy) is 1. The Bertz CT molecular complexity index is 486. The minimum absolute atomic E-state index is 0.00615. The maximum atomic E-state index is 12.0. The molecule has 0 saturated heterocycles. The van der Waals surface area contributed by atoms with E-state index in [1.54, 1.807) is 19.2 Å². The molecular weight excluding hydrogens is 268 g/mol. The fraction of sp³-hybridized carbons (Fsp3) is 0.500. The lowest BCUT2D eigenvalue weighted by Gasteiger charge is -2.22. The molecule has 1 rings (SSSR count). The Hall–Kier alpha value is -2.04. The van der Waals surface area contributed by atoms with Crippen molar-refractivity contribution in [3.8, 4) is 5.75 Å². The van der Waals surface area contributed by atoms with Crippen molar-refractivity contribution in [2.75, 3.05) is 25.1 Å². The summed E-state index contributed by atoms with van der Waals surface area (Å²) in [4.78, 5) is 25.2. The SMILES string of the molecule is COc1ccccc1N(CC(=O)NCCC(C)C)C(C)=O. The number of benzene rings is 1. The summed E-state index contributed by atoms with van der Waals surface area (Å²) in [6.45, 7) is 6.25. The third kappa shape index (κ3) is 5.45. The van der Waals surface area contributed by atoms with Crippen molar-refractivity contribution in [3.05, 3.63) is 24.3 Å². The third-order valence-electron chi connectivity index (χ3n) is 3.10. The molecule has 0 aliphatic rings. The summed E-state index contributed by atoms with van der Waals surface area (Å²) in [5.41, 5.74) is 0.603. The summed E-state index contributed by atoms with van der Waals surface area (Å²) in [6, 6.07) is 7.16. The molecule has 0 aliphatic heterocycles. The molecule has 1 aromatic carbocycles. The van der Waals surface area contributed by atoms with Gasteiger partial charge in [-0.25, -0.2) is 0 Å². The van der Waals surface area contributed by atoms with Crippen LogP contribution in [-0.4, -0.2) is 32.0 Å². The molecule has 0 heterocycles. The van der Waals surface area contributed by atoms with E-state index in [-0.39, 0.29) is 18.4 Å². The smallest absolute Gasteiger partial charge is 0.240 e. The lowest BCUT2D eigenvalue weighted by atomic mass is 10.1. The van der Waals surface area contributed by atoms with Gasteiger partial charge in [0.1, 0.15) is 12.3 Å². The Morgan fingerprint density at radius 3 is 2.52 bits per heavy atom. The molecule has 0 saturated carbocycles. The Kier molecular flexibility index (Phi) is 6.72. The molecule has 5 heteroatoms. The molecule has 0 unspecified atom stereocenters. The molecule has 0 atom stereocenters. The van der Waals surface area contributed by atoms with Crippen LogP contribution in [0.15, 0.2) is 24.3 Å². The van der Waals surface area contributed by atoms with Crippen molar-refractivity contribution < 1.29 is 14.3 Å². The van der Waals surface area contributed by atoms with Gasteiger partial charge in [-0.1, -0.05) is 26.0 Å². The first-order chi connectivity index (χ1) is 9.95. The van der Waals surface area contributed by atoms with Gasteiger partial charge in [-0.05, 0) is 24.5 Å². The summed E-state index contributed by atoms with van der Waals surface area (Å²) < 4.78 is 5.25. The van der Waals surface area contributed by atoms with Gasteiger partial charge in [0.2, 0.25) is 11.8 Å². The lowest BCUT2D eigenvalue weighted by Crippen LogP contribution is -2.40. The van der Waals surface area contributed by atoms with E-state index >= 15 is 0 Å². The van der Waals surface area contributed by atoms with E-state index in [1.807, 2.05) is 12.1 Å². The second-order valence-corrected chi connectivity index (χ2v) is 5.31. The predicted molar refractivity (Wildman–Crippen MR) is 83.5 cm³/mol. The molecule has 0 aromatic heterocycles. The predicted octanol–water partition coefficient (Wildman–Crippen LogP) is 2.21. The van der Waals surface area contributed by atoms with Crippen LogP contribution in [0.25, 0.3) is 0 Å². The lowest BCUT2D eigenvalue weighted by molar-refractivity contribution is -0.123. The Balaban J connectivity index is 2.74. The number of nitrogens with zero attached hydrogens (tertiary/aromatic N) is 1. The second kappa shape index (κ2) is 8.29. The molecular formula is C16H24N2O3. The van der Waals surface area contributed by atoms with Gasteiger partial charge in [-0.15, -0.1) is 0 Å². The molecule has 116 valence electrons. The van der Waals surface area contributed by atoms with Crippen molar-refractivity contribution in [1.82, 2.24) is 5.32 Å². The highest BCUT2D eigenvalue weighted by atomic mass is 16.5. The number of amides is 2.